The van der Waals surface area contributed by atoms with Gasteiger partial charge in [-0.25, -0.2) is 22.3 Å². The van der Waals surface area contributed by atoms with Crippen molar-refractivity contribution in [3.05, 3.63) is 29.3 Å². The lowest BCUT2D eigenvalue weighted by molar-refractivity contribution is 0.0885. The van der Waals surface area contributed by atoms with E-state index in [9.17, 15) is 22.0 Å². The number of nitrogens with two attached hydrogens (primary N) is 1. The minimum absolute atomic E-state index is 0.0394. The van der Waals surface area contributed by atoms with E-state index in [2.05, 4.69) is 5.32 Å². The van der Waals surface area contributed by atoms with Gasteiger partial charge < -0.3 is 5.32 Å². The molecule has 0 unspecified atom stereocenters. The summed E-state index contributed by atoms with van der Waals surface area (Å²) in [6, 6.07) is 1.20. The standard InChI is InChI=1S/C13H16F2N2O3S/c1-13(3-2-4-13)7-17-12(18)9-5-8(21(16,19)20)6-10(14)11(9)15/h5-6H,2-4,7H2,1H3,(H,17,18)(H2,16,19,20). The zero-order valence-electron chi connectivity index (χ0n) is 11.4. The normalized spacial score (nSPS) is 17.1. The Morgan fingerprint density at radius 3 is 2.48 bits per heavy atom. The fraction of sp³-hybridized carbons (Fsp3) is 0.462. The molecule has 3 N–H and O–H groups in total. The first kappa shape index (κ1) is 15.8. The van der Waals surface area contributed by atoms with Crippen LogP contribution in [0, 0.1) is 17.0 Å². The Morgan fingerprint density at radius 1 is 1.38 bits per heavy atom. The van der Waals surface area contributed by atoms with Gasteiger partial charge in [0.25, 0.3) is 5.91 Å². The zero-order valence-corrected chi connectivity index (χ0v) is 12.3. The first-order valence-electron chi connectivity index (χ1n) is 6.42. The van der Waals surface area contributed by atoms with Crippen LogP contribution in [0.3, 0.4) is 0 Å². The third-order valence-electron chi connectivity index (χ3n) is 3.81. The van der Waals surface area contributed by atoms with Crippen LogP contribution in [0.25, 0.3) is 0 Å². The number of benzene rings is 1. The summed E-state index contributed by atoms with van der Waals surface area (Å²) in [4.78, 5) is 11.3. The van der Waals surface area contributed by atoms with Crippen LogP contribution < -0.4 is 10.5 Å². The molecule has 0 aromatic heterocycles. The molecule has 1 fully saturated rings. The van der Waals surface area contributed by atoms with E-state index < -0.39 is 38.0 Å². The number of amides is 1. The molecule has 0 aliphatic heterocycles. The Kier molecular flexibility index (Phi) is 4.03. The lowest BCUT2D eigenvalue weighted by atomic mass is 9.70. The summed E-state index contributed by atoms with van der Waals surface area (Å²) in [5, 5.41) is 7.38. The van der Waals surface area contributed by atoms with Crippen LogP contribution in [-0.2, 0) is 10.0 Å². The van der Waals surface area contributed by atoms with Gasteiger partial charge in [0.2, 0.25) is 10.0 Å². The maximum absolute atomic E-state index is 13.7. The summed E-state index contributed by atoms with van der Waals surface area (Å²) >= 11 is 0. The van der Waals surface area contributed by atoms with Crippen molar-refractivity contribution in [2.24, 2.45) is 10.6 Å². The van der Waals surface area contributed by atoms with Gasteiger partial charge in [-0.1, -0.05) is 13.3 Å². The van der Waals surface area contributed by atoms with E-state index in [1.807, 2.05) is 6.92 Å². The topological polar surface area (TPSA) is 89.3 Å². The Morgan fingerprint density at radius 2 is 2.00 bits per heavy atom. The largest absolute Gasteiger partial charge is 0.351 e. The van der Waals surface area contributed by atoms with Crippen molar-refractivity contribution >= 4 is 15.9 Å². The lowest BCUT2D eigenvalue weighted by Crippen LogP contribution is -2.40. The van der Waals surface area contributed by atoms with Crippen molar-refractivity contribution < 1.29 is 22.0 Å². The molecular formula is C13H16F2N2O3S. The van der Waals surface area contributed by atoms with Crippen LogP contribution in [0.1, 0.15) is 36.5 Å². The number of nitrogens with one attached hydrogen (secondary N) is 1. The Labute approximate surface area is 121 Å². The second-order valence-corrected chi connectivity index (χ2v) is 7.22. The highest BCUT2D eigenvalue weighted by molar-refractivity contribution is 7.89. The van der Waals surface area contributed by atoms with Gasteiger partial charge in [-0.3, -0.25) is 4.79 Å². The summed E-state index contributed by atoms with van der Waals surface area (Å²) in [6.45, 7) is 2.31. The van der Waals surface area contributed by atoms with Gasteiger partial charge in [0.15, 0.2) is 11.6 Å². The molecule has 8 heteroatoms. The third kappa shape index (κ3) is 3.38. The molecule has 2 rings (SSSR count). The molecule has 1 aromatic carbocycles. The molecule has 116 valence electrons. The number of halogens is 2. The summed E-state index contributed by atoms with van der Waals surface area (Å²) in [5.41, 5.74) is -0.704. The molecule has 1 aliphatic rings. The quantitative estimate of drug-likeness (QED) is 0.882. The first-order chi connectivity index (χ1) is 9.62. The molecule has 0 spiro atoms. The lowest BCUT2D eigenvalue weighted by Gasteiger charge is -2.38. The molecule has 1 aromatic rings. The van der Waals surface area contributed by atoms with Crippen LogP contribution in [0.5, 0.6) is 0 Å². The predicted octanol–water partition coefficient (Wildman–Crippen LogP) is 1.53. The number of hydrogen-bond donors (Lipinski definition) is 2. The molecule has 0 atom stereocenters. The van der Waals surface area contributed by atoms with Crippen LogP contribution >= 0.6 is 0 Å². The van der Waals surface area contributed by atoms with Gasteiger partial charge in [0.1, 0.15) is 0 Å². The predicted molar refractivity (Wildman–Crippen MR) is 72.0 cm³/mol. The molecule has 1 aliphatic carbocycles. The number of carbonyl (C=O) groups excluding carboxylic acids is 1. The van der Waals surface area contributed by atoms with Crippen LogP contribution in [-0.4, -0.2) is 20.9 Å². The summed E-state index contributed by atoms with van der Waals surface area (Å²) in [6.07, 6.45) is 2.96. The van der Waals surface area contributed by atoms with E-state index in [-0.39, 0.29) is 5.41 Å². The Bertz CT molecular complexity index is 685. The SMILES string of the molecule is CC1(CNC(=O)c2cc(S(N)(=O)=O)cc(F)c2F)CCC1. The van der Waals surface area contributed by atoms with E-state index in [4.69, 9.17) is 5.14 Å². The number of sulfonamides is 1. The highest BCUT2D eigenvalue weighted by Gasteiger charge is 2.32. The molecular weight excluding hydrogens is 302 g/mol. The van der Waals surface area contributed by atoms with Gasteiger partial charge in [-0.05, 0) is 30.4 Å². The second kappa shape index (κ2) is 5.34. The number of primary sulfonamides is 1. The van der Waals surface area contributed by atoms with Crippen molar-refractivity contribution in [3.8, 4) is 0 Å². The first-order valence-corrected chi connectivity index (χ1v) is 7.97. The summed E-state index contributed by atoms with van der Waals surface area (Å²) in [5.74, 6) is -3.68. The van der Waals surface area contributed by atoms with E-state index >= 15 is 0 Å². The average molecular weight is 318 g/mol. The summed E-state index contributed by atoms with van der Waals surface area (Å²) < 4.78 is 49.5. The average Bonchev–Trinajstić information content (AvgIpc) is 2.35. The Hall–Kier alpha value is -1.54. The highest BCUT2D eigenvalue weighted by atomic mass is 32.2. The van der Waals surface area contributed by atoms with E-state index in [0.29, 0.717) is 12.6 Å². The van der Waals surface area contributed by atoms with Gasteiger partial charge in [-0.15, -0.1) is 0 Å². The molecule has 0 radical (unpaired) electrons. The third-order valence-corrected chi connectivity index (χ3v) is 4.70. The molecule has 1 saturated carbocycles. The monoisotopic (exact) mass is 318 g/mol. The molecule has 5 nitrogen and oxygen atoms in total. The fourth-order valence-electron chi connectivity index (χ4n) is 2.24. The van der Waals surface area contributed by atoms with Crippen molar-refractivity contribution in [1.29, 1.82) is 0 Å². The molecule has 0 heterocycles. The number of hydrogen-bond acceptors (Lipinski definition) is 3. The molecule has 0 saturated heterocycles. The fourth-order valence-corrected chi connectivity index (χ4v) is 2.79. The highest BCUT2D eigenvalue weighted by Crippen LogP contribution is 2.39. The van der Waals surface area contributed by atoms with E-state index in [1.165, 1.54) is 0 Å². The van der Waals surface area contributed by atoms with Gasteiger partial charge in [-0.2, -0.15) is 0 Å². The minimum atomic E-state index is -4.22. The molecule has 21 heavy (non-hydrogen) atoms. The van der Waals surface area contributed by atoms with Gasteiger partial charge in [0, 0.05) is 6.54 Å². The van der Waals surface area contributed by atoms with Crippen LogP contribution in [0.2, 0.25) is 0 Å². The summed E-state index contributed by atoms with van der Waals surface area (Å²) in [7, 11) is -4.22. The zero-order chi connectivity index (χ0) is 15.8. The van der Waals surface area contributed by atoms with Crippen molar-refractivity contribution in [2.45, 2.75) is 31.1 Å². The van der Waals surface area contributed by atoms with Gasteiger partial charge in [0.05, 0.1) is 10.5 Å². The van der Waals surface area contributed by atoms with Crippen molar-refractivity contribution in [1.82, 2.24) is 5.32 Å². The second-order valence-electron chi connectivity index (χ2n) is 5.66. The minimum Gasteiger partial charge on any atom is -0.351 e. The molecule has 0 bridgehead atoms. The maximum Gasteiger partial charge on any atom is 0.254 e. The van der Waals surface area contributed by atoms with Crippen molar-refractivity contribution in [3.63, 3.8) is 0 Å². The van der Waals surface area contributed by atoms with Crippen LogP contribution in [0.15, 0.2) is 17.0 Å². The maximum atomic E-state index is 13.7. The van der Waals surface area contributed by atoms with E-state index in [1.54, 1.807) is 0 Å². The van der Waals surface area contributed by atoms with Gasteiger partial charge >= 0.3 is 0 Å². The number of rotatable bonds is 4. The van der Waals surface area contributed by atoms with Crippen molar-refractivity contribution in [2.75, 3.05) is 6.54 Å². The Balaban J connectivity index is 2.25. The molecule has 1 amide bonds. The smallest absolute Gasteiger partial charge is 0.254 e. The van der Waals surface area contributed by atoms with E-state index in [0.717, 1.165) is 25.3 Å². The number of carbonyl (C=O) groups is 1. The van der Waals surface area contributed by atoms with Crippen LogP contribution in [0.4, 0.5) is 8.78 Å².